The zero-order valence-electron chi connectivity index (χ0n) is 13.5. The molecule has 0 spiro atoms. The van der Waals surface area contributed by atoms with Crippen molar-refractivity contribution in [3.05, 3.63) is 103 Å². The Bertz CT molecular complexity index is 543. The highest BCUT2D eigenvalue weighted by Crippen LogP contribution is 1.99. The zero-order chi connectivity index (χ0) is 16.5. The second kappa shape index (κ2) is 14.8. The Morgan fingerprint density at radius 1 is 0.864 bits per heavy atom. The minimum absolute atomic E-state index is 1.11. The summed E-state index contributed by atoms with van der Waals surface area (Å²) in [6.45, 7) is 11.8. The molecule has 0 heterocycles. The van der Waals surface area contributed by atoms with Crippen molar-refractivity contribution in [1.29, 1.82) is 0 Å². The standard InChI is InChI=1S/C12H14.C8H8.C2H4/c1-2-3-4-6-9-12-10-7-5-8-11-12;1-2-8-6-4-3-5-7-8;1-2/h4-5,7-11H,2-3H2,1H3;2-7H,1H2;1-2H2. The van der Waals surface area contributed by atoms with Gasteiger partial charge in [-0.15, -0.1) is 18.9 Å². The first-order valence-electron chi connectivity index (χ1n) is 7.50. The number of benzene rings is 2. The Balaban J connectivity index is 0.000000382. The SMILES string of the molecule is C=C.C=Cc1ccccc1.CCCC=C=Cc1ccccc1. The summed E-state index contributed by atoms with van der Waals surface area (Å²) in [5.41, 5.74) is 5.54. The summed E-state index contributed by atoms with van der Waals surface area (Å²) in [5, 5.41) is 0. The fourth-order valence-corrected chi connectivity index (χ4v) is 1.52. The van der Waals surface area contributed by atoms with Gasteiger partial charge in [0, 0.05) is 0 Å². The van der Waals surface area contributed by atoms with Crippen molar-refractivity contribution in [2.45, 2.75) is 19.8 Å². The molecule has 22 heavy (non-hydrogen) atoms. The minimum Gasteiger partial charge on any atom is -0.125 e. The zero-order valence-corrected chi connectivity index (χ0v) is 13.5. The van der Waals surface area contributed by atoms with Crippen molar-refractivity contribution < 1.29 is 0 Å². The molecule has 2 aromatic carbocycles. The second-order valence-corrected chi connectivity index (χ2v) is 4.33. The predicted molar refractivity (Wildman–Crippen MR) is 102 cm³/mol. The number of hydrogen-bond acceptors (Lipinski definition) is 0. The van der Waals surface area contributed by atoms with E-state index in [-0.39, 0.29) is 0 Å². The lowest BCUT2D eigenvalue weighted by Gasteiger charge is -1.86. The molecular formula is C22H26. The Kier molecular flexibility index (Phi) is 13.1. The molecule has 0 fully saturated rings. The quantitative estimate of drug-likeness (QED) is 0.429. The topological polar surface area (TPSA) is 0 Å². The molecule has 0 aliphatic rings. The van der Waals surface area contributed by atoms with Gasteiger partial charge in [-0.2, -0.15) is 0 Å². The van der Waals surface area contributed by atoms with Gasteiger partial charge in [0.05, 0.1) is 0 Å². The first-order chi connectivity index (χ1) is 10.9. The maximum absolute atomic E-state index is 3.63. The van der Waals surface area contributed by atoms with E-state index in [1.165, 1.54) is 17.5 Å². The van der Waals surface area contributed by atoms with Crippen molar-refractivity contribution in [2.75, 3.05) is 0 Å². The molecule has 0 radical (unpaired) electrons. The molecule has 0 amide bonds. The van der Waals surface area contributed by atoms with E-state index in [0.717, 1.165) is 6.42 Å². The Morgan fingerprint density at radius 2 is 1.36 bits per heavy atom. The van der Waals surface area contributed by atoms with Crippen LogP contribution in [0.15, 0.2) is 92.2 Å². The predicted octanol–water partition coefficient (Wildman–Crippen LogP) is 6.79. The van der Waals surface area contributed by atoms with E-state index in [1.54, 1.807) is 0 Å². The summed E-state index contributed by atoms with van der Waals surface area (Å²) in [7, 11) is 0. The molecule has 2 rings (SSSR count). The highest BCUT2D eigenvalue weighted by Gasteiger charge is 1.79. The van der Waals surface area contributed by atoms with Crippen molar-refractivity contribution in [2.24, 2.45) is 0 Å². The van der Waals surface area contributed by atoms with E-state index in [4.69, 9.17) is 0 Å². The molecule has 2 aromatic rings. The number of rotatable bonds is 4. The lowest BCUT2D eigenvalue weighted by Crippen LogP contribution is -1.65. The van der Waals surface area contributed by atoms with Crippen molar-refractivity contribution in [1.82, 2.24) is 0 Å². The second-order valence-electron chi connectivity index (χ2n) is 4.33. The van der Waals surface area contributed by atoms with Crippen LogP contribution >= 0.6 is 0 Å². The highest BCUT2D eigenvalue weighted by molar-refractivity contribution is 5.48. The molecule has 0 aromatic heterocycles. The smallest absolute Gasteiger partial charge is 0.0131 e. The fourth-order valence-electron chi connectivity index (χ4n) is 1.52. The van der Waals surface area contributed by atoms with Crippen LogP contribution in [0.3, 0.4) is 0 Å². The van der Waals surface area contributed by atoms with Crippen LogP contribution in [0.1, 0.15) is 30.9 Å². The number of unbranched alkanes of at least 4 members (excludes halogenated alkanes) is 1. The van der Waals surface area contributed by atoms with E-state index >= 15 is 0 Å². The normalized spacial score (nSPS) is 8.05. The minimum atomic E-state index is 1.11. The summed E-state index contributed by atoms with van der Waals surface area (Å²) < 4.78 is 0. The van der Waals surface area contributed by atoms with E-state index < -0.39 is 0 Å². The maximum atomic E-state index is 3.63. The largest absolute Gasteiger partial charge is 0.125 e. The van der Waals surface area contributed by atoms with Crippen LogP contribution in [0, 0.1) is 0 Å². The molecule has 0 atom stereocenters. The Morgan fingerprint density at radius 3 is 1.77 bits per heavy atom. The van der Waals surface area contributed by atoms with Crippen LogP contribution in [0.2, 0.25) is 0 Å². The van der Waals surface area contributed by atoms with Crippen LogP contribution in [0.4, 0.5) is 0 Å². The molecular weight excluding hydrogens is 264 g/mol. The van der Waals surface area contributed by atoms with Crippen LogP contribution in [0.5, 0.6) is 0 Å². The monoisotopic (exact) mass is 290 g/mol. The van der Waals surface area contributed by atoms with Gasteiger partial charge in [0.1, 0.15) is 0 Å². The molecule has 0 saturated carbocycles. The first kappa shape index (κ1) is 19.4. The molecule has 0 bridgehead atoms. The van der Waals surface area contributed by atoms with Gasteiger partial charge >= 0.3 is 0 Å². The molecule has 0 N–H and O–H groups in total. The molecule has 0 unspecified atom stereocenters. The van der Waals surface area contributed by atoms with Gasteiger partial charge in [0.25, 0.3) is 0 Å². The molecule has 0 aliphatic heterocycles. The van der Waals surface area contributed by atoms with E-state index in [0.29, 0.717) is 0 Å². The van der Waals surface area contributed by atoms with E-state index in [1.807, 2.05) is 60.7 Å². The molecule has 0 heteroatoms. The third-order valence-corrected chi connectivity index (χ3v) is 2.64. The molecule has 0 aliphatic carbocycles. The van der Waals surface area contributed by atoms with Crippen LogP contribution in [-0.2, 0) is 0 Å². The molecule has 114 valence electrons. The molecule has 0 nitrogen and oxygen atoms in total. The lowest BCUT2D eigenvalue weighted by molar-refractivity contribution is 0.960. The Hall–Kier alpha value is -2.56. The average molecular weight is 290 g/mol. The van der Waals surface area contributed by atoms with Gasteiger partial charge in [-0.1, -0.05) is 86.7 Å². The van der Waals surface area contributed by atoms with Crippen LogP contribution < -0.4 is 0 Å². The van der Waals surface area contributed by atoms with Crippen molar-refractivity contribution >= 4 is 12.2 Å². The number of allylic oxidation sites excluding steroid dienone is 1. The Labute approximate surface area is 135 Å². The van der Waals surface area contributed by atoms with Crippen LogP contribution in [-0.4, -0.2) is 0 Å². The average Bonchev–Trinajstić information content (AvgIpc) is 2.63. The van der Waals surface area contributed by atoms with Crippen molar-refractivity contribution in [3.63, 3.8) is 0 Å². The third-order valence-electron chi connectivity index (χ3n) is 2.64. The number of hydrogen-bond donors (Lipinski definition) is 0. The maximum Gasteiger partial charge on any atom is -0.0131 e. The van der Waals surface area contributed by atoms with Gasteiger partial charge in [0.15, 0.2) is 0 Å². The van der Waals surface area contributed by atoms with Gasteiger partial charge < -0.3 is 0 Å². The summed E-state index contributed by atoms with van der Waals surface area (Å²) in [5.74, 6) is 0. The van der Waals surface area contributed by atoms with Gasteiger partial charge in [-0.05, 0) is 29.7 Å². The van der Waals surface area contributed by atoms with E-state index in [9.17, 15) is 0 Å². The lowest BCUT2D eigenvalue weighted by atomic mass is 10.2. The summed E-state index contributed by atoms with van der Waals surface area (Å²) >= 11 is 0. The van der Waals surface area contributed by atoms with Gasteiger partial charge in [0.2, 0.25) is 0 Å². The highest BCUT2D eigenvalue weighted by atomic mass is 13.8. The van der Waals surface area contributed by atoms with Crippen molar-refractivity contribution in [3.8, 4) is 0 Å². The first-order valence-corrected chi connectivity index (χ1v) is 7.50. The summed E-state index contributed by atoms with van der Waals surface area (Å²) in [6, 6.07) is 20.3. The van der Waals surface area contributed by atoms with Gasteiger partial charge in [-0.25, -0.2) is 0 Å². The van der Waals surface area contributed by atoms with E-state index in [2.05, 4.69) is 50.6 Å². The summed E-state index contributed by atoms with van der Waals surface area (Å²) in [4.78, 5) is 0. The summed E-state index contributed by atoms with van der Waals surface area (Å²) in [6.07, 6.45) is 8.22. The third kappa shape index (κ3) is 10.3. The van der Waals surface area contributed by atoms with Gasteiger partial charge in [-0.3, -0.25) is 0 Å². The molecule has 0 saturated heterocycles. The fraction of sp³-hybridized carbons (Fsp3) is 0.136. The van der Waals surface area contributed by atoms with Crippen LogP contribution in [0.25, 0.3) is 12.2 Å².